The van der Waals surface area contributed by atoms with Gasteiger partial charge in [-0.1, -0.05) is 24.8 Å². The van der Waals surface area contributed by atoms with Crippen molar-refractivity contribution in [2.75, 3.05) is 26.6 Å². The van der Waals surface area contributed by atoms with Gasteiger partial charge in [-0.05, 0) is 67.1 Å². The number of hydrogen-bond acceptors (Lipinski definition) is 6. The van der Waals surface area contributed by atoms with Gasteiger partial charge in [-0.2, -0.15) is 0 Å². The number of aromatic amines is 1. The molecular formula is C28H29N3O4S. The Labute approximate surface area is 215 Å². The number of nitrogens with one attached hydrogen (secondary N) is 2. The molecule has 1 aromatic heterocycles. The van der Waals surface area contributed by atoms with Crippen LogP contribution in [0.3, 0.4) is 0 Å². The second kappa shape index (κ2) is 11.7. The topological polar surface area (TPSA) is 85.5 Å². The zero-order chi connectivity index (χ0) is 25.5. The number of methoxy groups -OCH3 is 3. The Morgan fingerprint density at radius 2 is 1.50 bits per heavy atom. The Kier molecular flexibility index (Phi) is 8.17. The number of nitrogens with zero attached hydrogens (tertiary/aromatic N) is 1. The van der Waals surface area contributed by atoms with Crippen molar-refractivity contribution in [1.82, 2.24) is 9.97 Å². The van der Waals surface area contributed by atoms with E-state index < -0.39 is 0 Å². The Morgan fingerprint density at radius 3 is 2.08 bits per heavy atom. The highest BCUT2D eigenvalue weighted by Gasteiger charge is 2.22. The summed E-state index contributed by atoms with van der Waals surface area (Å²) in [4.78, 5) is 21.4. The van der Waals surface area contributed by atoms with E-state index in [9.17, 15) is 4.79 Å². The van der Waals surface area contributed by atoms with Gasteiger partial charge in [0.25, 0.3) is 0 Å². The first-order valence-corrected chi connectivity index (χ1v) is 12.4. The molecule has 0 spiro atoms. The molecule has 8 heteroatoms. The van der Waals surface area contributed by atoms with Gasteiger partial charge in [0, 0.05) is 22.9 Å². The van der Waals surface area contributed by atoms with Gasteiger partial charge in [0.2, 0.25) is 5.91 Å². The van der Waals surface area contributed by atoms with Crippen molar-refractivity contribution in [3.8, 4) is 39.8 Å². The van der Waals surface area contributed by atoms with Crippen LogP contribution >= 0.6 is 11.8 Å². The summed E-state index contributed by atoms with van der Waals surface area (Å²) in [5.41, 5.74) is 4.27. The third-order valence-electron chi connectivity index (χ3n) is 5.68. The fourth-order valence-electron chi connectivity index (χ4n) is 3.71. The van der Waals surface area contributed by atoms with Gasteiger partial charge in [-0.15, -0.1) is 0 Å². The number of carbonyl (C=O) groups excluding carboxylic acids is 1. The van der Waals surface area contributed by atoms with Crippen LogP contribution in [0.15, 0.2) is 78.0 Å². The maximum absolute atomic E-state index is 13.1. The van der Waals surface area contributed by atoms with E-state index in [2.05, 4.69) is 10.3 Å². The molecule has 0 aliphatic carbocycles. The molecule has 0 aliphatic heterocycles. The lowest BCUT2D eigenvalue weighted by atomic mass is 10.0. The number of amides is 1. The molecule has 0 bridgehead atoms. The van der Waals surface area contributed by atoms with Crippen LogP contribution in [0.25, 0.3) is 22.5 Å². The van der Waals surface area contributed by atoms with Gasteiger partial charge in [-0.25, -0.2) is 4.98 Å². The normalized spacial score (nSPS) is 11.6. The Balaban J connectivity index is 1.63. The van der Waals surface area contributed by atoms with E-state index in [1.807, 2.05) is 73.7 Å². The molecular weight excluding hydrogens is 474 g/mol. The van der Waals surface area contributed by atoms with Gasteiger partial charge in [0.15, 0.2) is 5.16 Å². The zero-order valence-corrected chi connectivity index (χ0v) is 21.5. The summed E-state index contributed by atoms with van der Waals surface area (Å²) in [6.45, 7) is 1.99. The maximum atomic E-state index is 13.1. The molecule has 0 saturated heterocycles. The number of aromatic nitrogens is 2. The number of ether oxygens (including phenoxy) is 3. The molecule has 1 unspecified atom stereocenters. The lowest BCUT2D eigenvalue weighted by molar-refractivity contribution is -0.115. The molecule has 0 radical (unpaired) electrons. The largest absolute Gasteiger partial charge is 0.497 e. The lowest BCUT2D eigenvalue weighted by Crippen LogP contribution is -2.24. The van der Waals surface area contributed by atoms with E-state index in [4.69, 9.17) is 19.2 Å². The molecule has 4 rings (SSSR count). The number of carbonyl (C=O) groups is 1. The fraction of sp³-hybridized carbons (Fsp3) is 0.214. The molecule has 1 amide bonds. The number of anilines is 1. The van der Waals surface area contributed by atoms with Gasteiger partial charge in [-0.3, -0.25) is 4.79 Å². The van der Waals surface area contributed by atoms with Crippen molar-refractivity contribution in [3.63, 3.8) is 0 Å². The molecule has 1 heterocycles. The van der Waals surface area contributed by atoms with Crippen LogP contribution in [0.4, 0.5) is 5.69 Å². The van der Waals surface area contributed by atoms with E-state index >= 15 is 0 Å². The number of imidazole rings is 1. The first-order chi connectivity index (χ1) is 17.5. The van der Waals surface area contributed by atoms with Crippen LogP contribution in [0.5, 0.6) is 17.2 Å². The maximum Gasteiger partial charge on any atom is 0.237 e. The minimum Gasteiger partial charge on any atom is -0.497 e. The minimum atomic E-state index is -0.338. The summed E-state index contributed by atoms with van der Waals surface area (Å²) in [5, 5.41) is 3.32. The number of benzene rings is 3. The molecule has 0 fully saturated rings. The number of thioether (sulfide) groups is 1. The Morgan fingerprint density at radius 1 is 0.889 bits per heavy atom. The predicted octanol–water partition coefficient (Wildman–Crippen LogP) is 6.28. The first-order valence-electron chi connectivity index (χ1n) is 11.5. The van der Waals surface area contributed by atoms with Crippen molar-refractivity contribution in [1.29, 1.82) is 0 Å². The highest BCUT2D eigenvalue weighted by atomic mass is 32.2. The Hall–Kier alpha value is -3.91. The van der Waals surface area contributed by atoms with Crippen molar-refractivity contribution in [2.45, 2.75) is 23.8 Å². The molecule has 36 heavy (non-hydrogen) atoms. The minimum absolute atomic E-state index is 0.0934. The highest BCUT2D eigenvalue weighted by Crippen LogP contribution is 2.36. The third kappa shape index (κ3) is 5.83. The van der Waals surface area contributed by atoms with Crippen molar-refractivity contribution >= 4 is 23.4 Å². The van der Waals surface area contributed by atoms with Crippen LogP contribution < -0.4 is 19.5 Å². The van der Waals surface area contributed by atoms with Crippen LogP contribution in [0.1, 0.15) is 13.3 Å². The molecule has 0 aliphatic rings. The van der Waals surface area contributed by atoms with E-state index in [0.29, 0.717) is 23.0 Å². The van der Waals surface area contributed by atoms with Crippen molar-refractivity contribution in [3.05, 3.63) is 72.8 Å². The molecule has 0 saturated carbocycles. The monoisotopic (exact) mass is 503 g/mol. The van der Waals surface area contributed by atoms with E-state index in [0.717, 1.165) is 34.0 Å². The molecule has 4 aromatic rings. The van der Waals surface area contributed by atoms with Crippen LogP contribution in [0, 0.1) is 0 Å². The SMILES string of the molecule is CCC(Sc1nc(-c2ccc(OC)cc2)c(-c2ccc(OC)cc2)[nH]1)C(=O)Nc1cccc(OC)c1. The van der Waals surface area contributed by atoms with Gasteiger partial charge in [0.1, 0.15) is 17.2 Å². The highest BCUT2D eigenvalue weighted by molar-refractivity contribution is 8.00. The average Bonchev–Trinajstić information content (AvgIpc) is 3.35. The summed E-state index contributed by atoms with van der Waals surface area (Å²) in [7, 11) is 4.89. The number of hydrogen-bond donors (Lipinski definition) is 2. The first kappa shape index (κ1) is 25.2. The molecule has 186 valence electrons. The zero-order valence-electron chi connectivity index (χ0n) is 20.7. The smallest absolute Gasteiger partial charge is 0.237 e. The number of rotatable bonds is 10. The standard InChI is InChI=1S/C28H29N3O4S/c1-5-24(27(32)29-20-7-6-8-23(17-20)35-4)36-28-30-25(18-9-13-21(33-2)14-10-18)26(31-28)19-11-15-22(34-3)16-12-19/h6-17,24H,5H2,1-4H3,(H,29,32)(H,30,31). The molecule has 7 nitrogen and oxygen atoms in total. The molecule has 3 aromatic carbocycles. The predicted molar refractivity (Wildman–Crippen MR) is 144 cm³/mol. The van der Waals surface area contributed by atoms with E-state index in [1.54, 1.807) is 27.4 Å². The summed E-state index contributed by atoms with van der Waals surface area (Å²) in [6.07, 6.45) is 0.636. The van der Waals surface area contributed by atoms with Gasteiger partial charge >= 0.3 is 0 Å². The summed E-state index contributed by atoms with van der Waals surface area (Å²) >= 11 is 1.41. The van der Waals surface area contributed by atoms with Crippen LogP contribution in [0.2, 0.25) is 0 Å². The van der Waals surface area contributed by atoms with Crippen LogP contribution in [-0.4, -0.2) is 42.5 Å². The van der Waals surface area contributed by atoms with E-state index in [-0.39, 0.29) is 11.2 Å². The van der Waals surface area contributed by atoms with E-state index in [1.165, 1.54) is 11.8 Å². The van der Waals surface area contributed by atoms with Crippen molar-refractivity contribution < 1.29 is 19.0 Å². The Bertz CT molecular complexity index is 1240. The fourth-order valence-corrected chi connectivity index (χ4v) is 4.62. The quantitative estimate of drug-likeness (QED) is 0.248. The third-order valence-corrected chi connectivity index (χ3v) is 6.93. The second-order valence-electron chi connectivity index (χ2n) is 7.96. The summed E-state index contributed by atoms with van der Waals surface area (Å²) in [6, 6.07) is 22.9. The number of H-pyrrole nitrogens is 1. The van der Waals surface area contributed by atoms with Gasteiger partial charge < -0.3 is 24.5 Å². The molecule has 1 atom stereocenters. The average molecular weight is 504 g/mol. The summed E-state index contributed by atoms with van der Waals surface area (Å²) < 4.78 is 15.9. The van der Waals surface area contributed by atoms with Crippen molar-refractivity contribution in [2.24, 2.45) is 0 Å². The van der Waals surface area contributed by atoms with Crippen LogP contribution in [-0.2, 0) is 4.79 Å². The van der Waals surface area contributed by atoms with Gasteiger partial charge in [0.05, 0.1) is 38.0 Å². The summed E-state index contributed by atoms with van der Waals surface area (Å²) in [5.74, 6) is 2.14. The lowest BCUT2D eigenvalue weighted by Gasteiger charge is -2.14. The second-order valence-corrected chi connectivity index (χ2v) is 9.15. The molecule has 2 N–H and O–H groups in total.